The lowest BCUT2D eigenvalue weighted by molar-refractivity contribution is 0.137. The molecule has 0 rings (SSSR count). The second-order valence-corrected chi connectivity index (χ2v) is 5.02. The van der Waals surface area contributed by atoms with Crippen LogP contribution in [0, 0.1) is 16.7 Å². The first-order valence-electron chi connectivity index (χ1n) is 4.31. The van der Waals surface area contributed by atoms with Crippen LogP contribution in [0.2, 0.25) is 0 Å². The molecule has 0 aromatic heterocycles. The van der Waals surface area contributed by atoms with E-state index in [0.717, 1.165) is 6.54 Å². The molecule has 0 aromatic carbocycles. The molecule has 0 unspecified atom stereocenters. The molecule has 0 saturated carbocycles. The molecular formula is C10H20N2. The molecule has 0 aliphatic rings. The molecule has 0 radical (unpaired) electrons. The minimum Gasteiger partial charge on any atom is -0.300 e. The SMILES string of the molecule is CN(CC(C)(C)C#N)C(C)(C)C. The predicted octanol–water partition coefficient (Wildman–Crippen LogP) is 2.27. The molecular weight excluding hydrogens is 148 g/mol. The molecule has 0 N–H and O–H groups in total. The van der Waals surface area contributed by atoms with E-state index in [1.54, 1.807) is 0 Å². The normalized spacial score (nSPS) is 13.2. The Labute approximate surface area is 76.2 Å². The first kappa shape index (κ1) is 11.4. The average Bonchev–Trinajstić information content (AvgIpc) is 1.85. The summed E-state index contributed by atoms with van der Waals surface area (Å²) in [6.45, 7) is 11.2. The van der Waals surface area contributed by atoms with Crippen LogP contribution in [0.3, 0.4) is 0 Å². The summed E-state index contributed by atoms with van der Waals surface area (Å²) in [7, 11) is 2.05. The Bertz CT molecular complexity index is 181. The Morgan fingerprint density at radius 1 is 1.17 bits per heavy atom. The number of hydrogen-bond acceptors (Lipinski definition) is 2. The second kappa shape index (κ2) is 3.45. The summed E-state index contributed by atoms with van der Waals surface area (Å²) in [6.07, 6.45) is 0. The van der Waals surface area contributed by atoms with Crippen molar-refractivity contribution in [2.24, 2.45) is 5.41 Å². The zero-order chi connectivity index (χ0) is 9.99. The summed E-state index contributed by atoms with van der Waals surface area (Å²) in [5, 5.41) is 8.83. The number of nitrogens with zero attached hydrogens (tertiary/aromatic N) is 2. The molecule has 0 bridgehead atoms. The number of hydrogen-bond donors (Lipinski definition) is 0. The van der Waals surface area contributed by atoms with Crippen LogP contribution in [0.15, 0.2) is 0 Å². The highest BCUT2D eigenvalue weighted by atomic mass is 15.2. The third kappa shape index (κ3) is 3.73. The van der Waals surface area contributed by atoms with Gasteiger partial charge in [0.2, 0.25) is 0 Å². The van der Waals surface area contributed by atoms with Gasteiger partial charge in [-0.3, -0.25) is 4.90 Å². The van der Waals surface area contributed by atoms with Gasteiger partial charge in [-0.25, -0.2) is 0 Å². The van der Waals surface area contributed by atoms with Crippen molar-refractivity contribution in [3.05, 3.63) is 0 Å². The summed E-state index contributed by atoms with van der Waals surface area (Å²) >= 11 is 0. The minimum absolute atomic E-state index is 0.147. The highest BCUT2D eigenvalue weighted by molar-refractivity contribution is 4.95. The molecule has 0 fully saturated rings. The molecule has 0 aromatic rings. The lowest BCUT2D eigenvalue weighted by Gasteiger charge is -2.35. The topological polar surface area (TPSA) is 27.0 Å². The minimum atomic E-state index is -0.248. The van der Waals surface area contributed by atoms with E-state index >= 15 is 0 Å². The highest BCUT2D eigenvalue weighted by Gasteiger charge is 2.25. The van der Waals surface area contributed by atoms with Gasteiger partial charge in [-0.15, -0.1) is 0 Å². The zero-order valence-electron chi connectivity index (χ0n) is 9.10. The lowest BCUT2D eigenvalue weighted by Crippen LogP contribution is -2.43. The Morgan fingerprint density at radius 3 is 1.83 bits per heavy atom. The predicted molar refractivity (Wildman–Crippen MR) is 51.8 cm³/mol. The molecule has 0 aliphatic heterocycles. The van der Waals surface area contributed by atoms with Crippen LogP contribution >= 0.6 is 0 Å². The molecule has 70 valence electrons. The van der Waals surface area contributed by atoms with Crippen molar-refractivity contribution in [1.29, 1.82) is 5.26 Å². The molecule has 0 amide bonds. The quantitative estimate of drug-likeness (QED) is 0.632. The maximum atomic E-state index is 8.83. The smallest absolute Gasteiger partial charge is 0.0697 e. The van der Waals surface area contributed by atoms with Gasteiger partial charge in [0.1, 0.15) is 0 Å². The fraction of sp³-hybridized carbons (Fsp3) is 0.900. The van der Waals surface area contributed by atoms with Gasteiger partial charge < -0.3 is 0 Å². The van der Waals surface area contributed by atoms with Crippen molar-refractivity contribution in [2.45, 2.75) is 40.2 Å². The maximum absolute atomic E-state index is 8.83. The van der Waals surface area contributed by atoms with E-state index in [1.165, 1.54) is 0 Å². The van der Waals surface area contributed by atoms with Crippen molar-refractivity contribution >= 4 is 0 Å². The van der Waals surface area contributed by atoms with Crippen LogP contribution in [0.25, 0.3) is 0 Å². The van der Waals surface area contributed by atoms with Crippen molar-refractivity contribution in [3.8, 4) is 6.07 Å². The highest BCUT2D eigenvalue weighted by Crippen LogP contribution is 2.19. The number of nitriles is 1. The third-order valence-electron chi connectivity index (χ3n) is 2.08. The van der Waals surface area contributed by atoms with E-state index in [9.17, 15) is 0 Å². The van der Waals surface area contributed by atoms with E-state index < -0.39 is 0 Å². The van der Waals surface area contributed by atoms with Gasteiger partial charge in [0.25, 0.3) is 0 Å². The largest absolute Gasteiger partial charge is 0.300 e. The molecule has 0 saturated heterocycles. The van der Waals surface area contributed by atoms with Crippen LogP contribution in [0.1, 0.15) is 34.6 Å². The van der Waals surface area contributed by atoms with Crippen molar-refractivity contribution in [3.63, 3.8) is 0 Å². The van der Waals surface area contributed by atoms with Gasteiger partial charge in [-0.05, 0) is 41.7 Å². The van der Waals surface area contributed by atoms with Crippen LogP contribution in [0.5, 0.6) is 0 Å². The number of rotatable bonds is 2. The van der Waals surface area contributed by atoms with Gasteiger partial charge in [-0.2, -0.15) is 5.26 Å². The molecule has 2 heteroatoms. The van der Waals surface area contributed by atoms with Gasteiger partial charge in [0.15, 0.2) is 0 Å². The summed E-state index contributed by atoms with van der Waals surface area (Å²) in [6, 6.07) is 2.30. The van der Waals surface area contributed by atoms with Crippen molar-refractivity contribution < 1.29 is 0 Å². The third-order valence-corrected chi connectivity index (χ3v) is 2.08. The van der Waals surface area contributed by atoms with Crippen LogP contribution < -0.4 is 0 Å². The van der Waals surface area contributed by atoms with Crippen molar-refractivity contribution in [1.82, 2.24) is 4.90 Å². The zero-order valence-corrected chi connectivity index (χ0v) is 9.10. The summed E-state index contributed by atoms with van der Waals surface area (Å²) < 4.78 is 0. The fourth-order valence-electron chi connectivity index (χ4n) is 0.865. The van der Waals surface area contributed by atoms with Gasteiger partial charge in [0, 0.05) is 12.1 Å². The van der Waals surface area contributed by atoms with E-state index in [2.05, 4.69) is 38.8 Å². The molecule has 0 spiro atoms. The molecule has 12 heavy (non-hydrogen) atoms. The maximum Gasteiger partial charge on any atom is 0.0697 e. The van der Waals surface area contributed by atoms with E-state index in [-0.39, 0.29) is 11.0 Å². The summed E-state index contributed by atoms with van der Waals surface area (Å²) in [5.74, 6) is 0. The van der Waals surface area contributed by atoms with E-state index in [1.807, 2.05) is 13.8 Å². The average molecular weight is 168 g/mol. The van der Waals surface area contributed by atoms with Crippen LogP contribution in [0.4, 0.5) is 0 Å². The van der Waals surface area contributed by atoms with Gasteiger partial charge in [0.05, 0.1) is 11.5 Å². The fourth-order valence-corrected chi connectivity index (χ4v) is 0.865. The van der Waals surface area contributed by atoms with E-state index in [0.29, 0.717) is 0 Å². The molecule has 0 heterocycles. The standard InChI is InChI=1S/C10H20N2/c1-9(2,3)12(6)8-10(4,5)7-11/h8H2,1-6H3. The molecule has 0 atom stereocenters. The monoisotopic (exact) mass is 168 g/mol. The van der Waals surface area contributed by atoms with Gasteiger partial charge >= 0.3 is 0 Å². The summed E-state index contributed by atoms with van der Waals surface area (Å²) in [4.78, 5) is 2.20. The Balaban J connectivity index is 4.22. The lowest BCUT2D eigenvalue weighted by atomic mass is 9.93. The van der Waals surface area contributed by atoms with E-state index in [4.69, 9.17) is 5.26 Å². The van der Waals surface area contributed by atoms with Crippen LogP contribution in [-0.4, -0.2) is 24.0 Å². The first-order chi connectivity index (χ1) is 5.19. The van der Waals surface area contributed by atoms with Crippen molar-refractivity contribution in [2.75, 3.05) is 13.6 Å². The first-order valence-corrected chi connectivity index (χ1v) is 4.31. The Kier molecular flexibility index (Phi) is 3.29. The Hall–Kier alpha value is -0.550. The van der Waals surface area contributed by atoms with Gasteiger partial charge in [-0.1, -0.05) is 0 Å². The summed E-state index contributed by atoms with van der Waals surface area (Å²) in [5.41, 5.74) is -0.101. The Morgan fingerprint density at radius 2 is 1.58 bits per heavy atom. The second-order valence-electron chi connectivity index (χ2n) is 5.02. The molecule has 0 aliphatic carbocycles. The van der Waals surface area contributed by atoms with Crippen LogP contribution in [-0.2, 0) is 0 Å². The molecule has 2 nitrogen and oxygen atoms in total.